The molecule has 0 atom stereocenters. The molecule has 70 valence electrons. The predicted molar refractivity (Wildman–Crippen MR) is 51.6 cm³/mol. The van der Waals surface area contributed by atoms with Gasteiger partial charge < -0.3 is 9.64 Å². The molecular formula is C8H10N2O2S. The summed E-state index contributed by atoms with van der Waals surface area (Å²) >= 11 is 1.73. The molecule has 0 spiro atoms. The van der Waals surface area contributed by atoms with Crippen molar-refractivity contribution in [2.24, 2.45) is 4.99 Å². The van der Waals surface area contributed by atoms with Gasteiger partial charge in [-0.15, -0.1) is 0 Å². The van der Waals surface area contributed by atoms with Crippen molar-refractivity contribution in [2.75, 3.05) is 26.0 Å². The summed E-state index contributed by atoms with van der Waals surface area (Å²) in [6.45, 7) is 1.61. The number of carbonyl (C=O) groups excluding carboxylic acids is 1. The molecular weight excluding hydrogens is 188 g/mol. The van der Waals surface area contributed by atoms with E-state index in [1.165, 1.54) is 7.11 Å². The highest BCUT2D eigenvalue weighted by atomic mass is 32.2. The van der Waals surface area contributed by atoms with E-state index in [9.17, 15) is 4.79 Å². The van der Waals surface area contributed by atoms with Crippen molar-refractivity contribution in [3.8, 4) is 0 Å². The van der Waals surface area contributed by atoms with Crippen LogP contribution in [-0.2, 0) is 9.53 Å². The standard InChI is InChI=1S/C8H10N2O2S/c1-12-7(11)6-4-9-8-10(5-6)2-3-13-8/h4H,2-3,5H2,1H3. The molecule has 0 amide bonds. The van der Waals surface area contributed by atoms with Crippen molar-refractivity contribution in [1.82, 2.24) is 4.90 Å². The Morgan fingerprint density at radius 2 is 2.62 bits per heavy atom. The minimum atomic E-state index is -0.278. The number of carbonyl (C=O) groups is 1. The number of hydrogen-bond acceptors (Lipinski definition) is 5. The van der Waals surface area contributed by atoms with Crippen LogP contribution in [0.4, 0.5) is 0 Å². The largest absolute Gasteiger partial charge is 0.466 e. The molecule has 5 heteroatoms. The number of rotatable bonds is 1. The minimum Gasteiger partial charge on any atom is -0.466 e. The lowest BCUT2D eigenvalue weighted by atomic mass is 10.2. The molecule has 4 nitrogen and oxygen atoms in total. The lowest BCUT2D eigenvalue weighted by Crippen LogP contribution is -2.31. The first-order valence-electron chi connectivity index (χ1n) is 4.04. The van der Waals surface area contributed by atoms with Crippen molar-refractivity contribution in [3.05, 3.63) is 11.8 Å². The summed E-state index contributed by atoms with van der Waals surface area (Å²) in [6.07, 6.45) is 1.61. The van der Waals surface area contributed by atoms with Crippen LogP contribution in [0.1, 0.15) is 0 Å². The van der Waals surface area contributed by atoms with E-state index in [1.54, 1.807) is 18.0 Å². The van der Waals surface area contributed by atoms with Crippen molar-refractivity contribution in [1.29, 1.82) is 0 Å². The Kier molecular flexibility index (Phi) is 2.26. The summed E-state index contributed by atoms with van der Waals surface area (Å²) in [7, 11) is 1.39. The topological polar surface area (TPSA) is 41.9 Å². The Bertz CT molecular complexity index is 299. The van der Waals surface area contributed by atoms with E-state index >= 15 is 0 Å². The Labute approximate surface area is 80.6 Å². The molecule has 0 radical (unpaired) electrons. The third-order valence-corrected chi connectivity index (χ3v) is 3.01. The maximum atomic E-state index is 11.2. The second kappa shape index (κ2) is 3.41. The molecule has 0 bridgehead atoms. The second-order valence-electron chi connectivity index (χ2n) is 2.83. The molecule has 0 aromatic heterocycles. The summed E-state index contributed by atoms with van der Waals surface area (Å²) in [6, 6.07) is 0. The molecule has 0 aromatic rings. The van der Waals surface area contributed by atoms with Crippen LogP contribution >= 0.6 is 11.8 Å². The third kappa shape index (κ3) is 1.56. The summed E-state index contributed by atoms with van der Waals surface area (Å²) in [5, 5.41) is 1.02. The first-order valence-corrected chi connectivity index (χ1v) is 5.02. The number of methoxy groups -OCH3 is 1. The minimum absolute atomic E-state index is 0.278. The quantitative estimate of drug-likeness (QED) is 0.574. The summed E-state index contributed by atoms with van der Waals surface area (Å²) in [5.41, 5.74) is 0.633. The fourth-order valence-corrected chi connectivity index (χ4v) is 2.29. The Morgan fingerprint density at radius 3 is 3.38 bits per heavy atom. The van der Waals surface area contributed by atoms with Gasteiger partial charge in [-0.1, -0.05) is 11.8 Å². The number of thioether (sulfide) groups is 1. The van der Waals surface area contributed by atoms with Crippen LogP contribution in [-0.4, -0.2) is 42.0 Å². The first kappa shape index (κ1) is 8.62. The molecule has 2 heterocycles. The van der Waals surface area contributed by atoms with Gasteiger partial charge in [0.15, 0.2) is 5.17 Å². The van der Waals surface area contributed by atoms with E-state index in [4.69, 9.17) is 0 Å². The molecule has 0 aliphatic carbocycles. The van der Waals surface area contributed by atoms with Crippen molar-refractivity contribution in [3.63, 3.8) is 0 Å². The molecule has 0 aromatic carbocycles. The molecule has 1 saturated heterocycles. The monoisotopic (exact) mass is 198 g/mol. The van der Waals surface area contributed by atoms with Crippen LogP contribution in [0.15, 0.2) is 16.8 Å². The van der Waals surface area contributed by atoms with Crippen molar-refractivity contribution in [2.45, 2.75) is 0 Å². The lowest BCUT2D eigenvalue weighted by molar-refractivity contribution is -0.136. The maximum Gasteiger partial charge on any atom is 0.337 e. The molecule has 0 saturated carbocycles. The highest BCUT2D eigenvalue weighted by Gasteiger charge is 2.25. The fraction of sp³-hybridized carbons (Fsp3) is 0.500. The van der Waals surface area contributed by atoms with E-state index < -0.39 is 0 Å². The van der Waals surface area contributed by atoms with Crippen molar-refractivity contribution >= 4 is 22.9 Å². The summed E-state index contributed by atoms with van der Waals surface area (Å²) in [5.74, 6) is 0.779. The SMILES string of the molecule is COC(=O)C1=CN=C2SCCN2C1. The van der Waals surface area contributed by atoms with Crippen LogP contribution in [0.25, 0.3) is 0 Å². The maximum absolute atomic E-state index is 11.2. The van der Waals surface area contributed by atoms with E-state index in [0.717, 1.165) is 17.5 Å². The molecule has 1 fully saturated rings. The zero-order chi connectivity index (χ0) is 9.26. The Balaban J connectivity index is 2.14. The van der Waals surface area contributed by atoms with Gasteiger partial charge in [-0.05, 0) is 0 Å². The molecule has 0 unspecified atom stereocenters. The molecule has 2 aliphatic rings. The zero-order valence-electron chi connectivity index (χ0n) is 7.32. The van der Waals surface area contributed by atoms with Crippen LogP contribution in [0.3, 0.4) is 0 Å². The lowest BCUT2D eigenvalue weighted by Gasteiger charge is -2.21. The molecule has 0 N–H and O–H groups in total. The van der Waals surface area contributed by atoms with Crippen LogP contribution in [0.5, 0.6) is 0 Å². The average Bonchev–Trinajstić information content (AvgIpc) is 2.63. The highest BCUT2D eigenvalue weighted by Crippen LogP contribution is 2.22. The number of esters is 1. The number of amidine groups is 1. The van der Waals surface area contributed by atoms with Crippen LogP contribution in [0.2, 0.25) is 0 Å². The number of nitrogens with zero attached hydrogens (tertiary/aromatic N) is 2. The molecule has 2 rings (SSSR count). The molecule has 13 heavy (non-hydrogen) atoms. The highest BCUT2D eigenvalue weighted by molar-refractivity contribution is 8.14. The van der Waals surface area contributed by atoms with E-state index in [1.807, 2.05) is 0 Å². The smallest absolute Gasteiger partial charge is 0.337 e. The van der Waals surface area contributed by atoms with E-state index in [-0.39, 0.29) is 5.97 Å². The predicted octanol–water partition coefficient (Wildman–Crippen LogP) is 0.462. The zero-order valence-corrected chi connectivity index (χ0v) is 8.13. The van der Waals surface area contributed by atoms with Crippen molar-refractivity contribution < 1.29 is 9.53 Å². The fourth-order valence-electron chi connectivity index (χ4n) is 1.33. The molecule has 2 aliphatic heterocycles. The summed E-state index contributed by atoms with van der Waals surface area (Å²) in [4.78, 5) is 17.4. The van der Waals surface area contributed by atoms with Crippen LogP contribution in [0, 0.1) is 0 Å². The Hall–Kier alpha value is -0.970. The van der Waals surface area contributed by atoms with Gasteiger partial charge in [-0.3, -0.25) is 0 Å². The number of fused-ring (bicyclic) bond motifs is 1. The van der Waals surface area contributed by atoms with Gasteiger partial charge in [0.05, 0.1) is 19.2 Å². The van der Waals surface area contributed by atoms with Gasteiger partial charge in [0.1, 0.15) is 0 Å². The van der Waals surface area contributed by atoms with E-state index in [2.05, 4.69) is 14.6 Å². The normalized spacial score (nSPS) is 20.5. The van der Waals surface area contributed by atoms with Gasteiger partial charge in [-0.25, -0.2) is 9.79 Å². The first-order chi connectivity index (χ1) is 6.31. The van der Waals surface area contributed by atoms with Gasteiger partial charge in [0, 0.05) is 18.5 Å². The van der Waals surface area contributed by atoms with E-state index in [0.29, 0.717) is 12.1 Å². The van der Waals surface area contributed by atoms with Gasteiger partial charge >= 0.3 is 5.97 Å². The van der Waals surface area contributed by atoms with Gasteiger partial charge in [-0.2, -0.15) is 0 Å². The number of ether oxygens (including phenoxy) is 1. The average molecular weight is 198 g/mol. The third-order valence-electron chi connectivity index (χ3n) is 2.00. The second-order valence-corrected chi connectivity index (χ2v) is 3.89. The van der Waals surface area contributed by atoms with Gasteiger partial charge in [0.2, 0.25) is 0 Å². The number of aliphatic imine (C=N–C) groups is 1. The number of hydrogen-bond donors (Lipinski definition) is 0. The Morgan fingerprint density at radius 1 is 1.77 bits per heavy atom. The van der Waals surface area contributed by atoms with Gasteiger partial charge in [0.25, 0.3) is 0 Å². The summed E-state index contributed by atoms with van der Waals surface area (Å²) < 4.78 is 4.63. The van der Waals surface area contributed by atoms with Crippen LogP contribution < -0.4 is 0 Å².